The number of aliphatic imine (C=N–C) groups is 1. The van der Waals surface area contributed by atoms with Gasteiger partial charge in [0.15, 0.2) is 5.96 Å². The van der Waals surface area contributed by atoms with Gasteiger partial charge in [0, 0.05) is 31.6 Å². The number of hydrogen-bond donors (Lipinski definition) is 2. The topological polar surface area (TPSA) is 48.9 Å². The Labute approximate surface area is 130 Å². The van der Waals surface area contributed by atoms with Gasteiger partial charge in [-0.15, -0.1) is 17.8 Å². The molecule has 1 atom stereocenters. The van der Waals surface area contributed by atoms with Gasteiger partial charge in [0.05, 0.1) is 25.8 Å². The molecule has 1 aliphatic rings. The molecule has 6 heteroatoms. The van der Waals surface area contributed by atoms with Gasteiger partial charge < -0.3 is 15.4 Å². The van der Waals surface area contributed by atoms with E-state index in [0.717, 1.165) is 38.8 Å². The first-order valence-electron chi connectivity index (χ1n) is 7.08. The molecule has 1 aromatic rings. The molecule has 0 amide bonds. The number of ether oxygens (including phenoxy) is 1. The minimum Gasteiger partial charge on any atom is -0.379 e. The van der Waals surface area contributed by atoms with E-state index >= 15 is 0 Å². The van der Waals surface area contributed by atoms with Crippen molar-refractivity contribution < 1.29 is 4.74 Å². The molecule has 2 N–H and O–H groups in total. The van der Waals surface area contributed by atoms with Crippen molar-refractivity contribution in [2.24, 2.45) is 4.99 Å². The number of rotatable bonds is 5. The average Bonchev–Trinajstić information content (AvgIpc) is 3.06. The predicted octanol–water partition coefficient (Wildman–Crippen LogP) is 0.920. The third-order valence-corrected chi connectivity index (χ3v) is 4.38. The van der Waals surface area contributed by atoms with Gasteiger partial charge in [0.2, 0.25) is 0 Å². The molecule has 1 aromatic heterocycles. The van der Waals surface area contributed by atoms with E-state index in [1.807, 2.05) is 0 Å². The Morgan fingerprint density at radius 1 is 1.52 bits per heavy atom. The SMILES string of the molecule is C#CCNC(=NC)NCC(c1cccs1)N1CCOCC1. The fraction of sp³-hybridized carbons (Fsp3) is 0.533. The molecule has 0 aromatic carbocycles. The summed E-state index contributed by atoms with van der Waals surface area (Å²) in [5, 5.41) is 8.56. The van der Waals surface area contributed by atoms with Crippen LogP contribution in [0.3, 0.4) is 0 Å². The van der Waals surface area contributed by atoms with Gasteiger partial charge in [0.25, 0.3) is 0 Å². The molecule has 1 unspecified atom stereocenters. The lowest BCUT2D eigenvalue weighted by atomic mass is 10.2. The van der Waals surface area contributed by atoms with Crippen LogP contribution in [0.5, 0.6) is 0 Å². The van der Waals surface area contributed by atoms with E-state index in [4.69, 9.17) is 11.2 Å². The molecule has 114 valence electrons. The first kappa shape index (κ1) is 15.8. The maximum Gasteiger partial charge on any atom is 0.191 e. The van der Waals surface area contributed by atoms with Crippen LogP contribution in [-0.4, -0.2) is 57.3 Å². The second kappa shape index (κ2) is 8.67. The Morgan fingerprint density at radius 2 is 2.33 bits per heavy atom. The molecular weight excluding hydrogens is 284 g/mol. The van der Waals surface area contributed by atoms with E-state index in [1.54, 1.807) is 18.4 Å². The van der Waals surface area contributed by atoms with Gasteiger partial charge in [-0.2, -0.15) is 0 Å². The monoisotopic (exact) mass is 306 g/mol. The third kappa shape index (κ3) is 4.74. The molecule has 1 fully saturated rings. The Balaban J connectivity index is 1.97. The number of hydrogen-bond acceptors (Lipinski definition) is 4. The van der Waals surface area contributed by atoms with E-state index in [-0.39, 0.29) is 0 Å². The molecule has 1 aliphatic heterocycles. The summed E-state index contributed by atoms with van der Waals surface area (Å²) in [7, 11) is 1.75. The van der Waals surface area contributed by atoms with Crippen molar-refractivity contribution in [2.45, 2.75) is 6.04 Å². The van der Waals surface area contributed by atoms with Crippen molar-refractivity contribution in [3.8, 4) is 12.3 Å². The van der Waals surface area contributed by atoms with Gasteiger partial charge in [-0.3, -0.25) is 9.89 Å². The van der Waals surface area contributed by atoms with Crippen molar-refractivity contribution in [2.75, 3.05) is 46.4 Å². The van der Waals surface area contributed by atoms with Crippen LogP contribution in [0.25, 0.3) is 0 Å². The largest absolute Gasteiger partial charge is 0.379 e. The fourth-order valence-electron chi connectivity index (χ4n) is 2.33. The molecule has 0 bridgehead atoms. The number of guanidine groups is 1. The van der Waals surface area contributed by atoms with E-state index in [1.165, 1.54) is 4.88 Å². The molecule has 0 radical (unpaired) electrons. The summed E-state index contributed by atoms with van der Waals surface area (Å²) in [4.78, 5) is 8.00. The summed E-state index contributed by atoms with van der Waals surface area (Å²) >= 11 is 1.79. The lowest BCUT2D eigenvalue weighted by Gasteiger charge is -2.34. The predicted molar refractivity (Wildman–Crippen MR) is 87.6 cm³/mol. The molecule has 0 spiro atoms. The minimum atomic E-state index is 0.332. The number of terminal acetylenes is 1. The van der Waals surface area contributed by atoms with E-state index in [0.29, 0.717) is 12.6 Å². The quantitative estimate of drug-likeness (QED) is 0.482. The molecule has 2 heterocycles. The second-order valence-corrected chi connectivity index (χ2v) is 5.67. The third-order valence-electron chi connectivity index (χ3n) is 3.40. The molecule has 21 heavy (non-hydrogen) atoms. The molecule has 5 nitrogen and oxygen atoms in total. The van der Waals surface area contributed by atoms with Crippen molar-refractivity contribution >= 4 is 17.3 Å². The van der Waals surface area contributed by atoms with E-state index < -0.39 is 0 Å². The Bertz CT molecular complexity index is 474. The highest BCUT2D eigenvalue weighted by atomic mass is 32.1. The zero-order chi connectivity index (χ0) is 14.9. The van der Waals surface area contributed by atoms with Gasteiger partial charge in [-0.1, -0.05) is 12.0 Å². The van der Waals surface area contributed by atoms with Crippen molar-refractivity contribution in [1.82, 2.24) is 15.5 Å². The number of morpholine rings is 1. The zero-order valence-corrected chi connectivity index (χ0v) is 13.2. The summed E-state index contributed by atoms with van der Waals surface area (Å²) < 4.78 is 5.45. The normalized spacial score (nSPS) is 18.0. The number of thiophene rings is 1. The minimum absolute atomic E-state index is 0.332. The van der Waals surface area contributed by atoms with Crippen LogP contribution >= 0.6 is 11.3 Å². The lowest BCUT2D eigenvalue weighted by molar-refractivity contribution is 0.0177. The second-order valence-electron chi connectivity index (χ2n) is 4.69. The molecule has 0 aliphatic carbocycles. The fourth-order valence-corrected chi connectivity index (χ4v) is 3.19. The summed E-state index contributed by atoms with van der Waals surface area (Å²) in [5.74, 6) is 3.29. The van der Waals surface area contributed by atoms with Crippen LogP contribution in [0.15, 0.2) is 22.5 Å². The number of nitrogens with zero attached hydrogens (tertiary/aromatic N) is 2. The van der Waals surface area contributed by atoms with Gasteiger partial charge in [-0.05, 0) is 11.4 Å². The van der Waals surface area contributed by atoms with Crippen molar-refractivity contribution in [3.63, 3.8) is 0 Å². The van der Waals surface area contributed by atoms with E-state index in [9.17, 15) is 0 Å². The Kier molecular flexibility index (Phi) is 6.54. The van der Waals surface area contributed by atoms with Crippen LogP contribution in [-0.2, 0) is 4.74 Å². The summed E-state index contributed by atoms with van der Waals surface area (Å²) in [6, 6.07) is 4.61. The highest BCUT2D eigenvalue weighted by Gasteiger charge is 2.23. The summed E-state index contributed by atoms with van der Waals surface area (Å²) in [6.07, 6.45) is 5.27. The molecule has 1 saturated heterocycles. The first-order valence-corrected chi connectivity index (χ1v) is 7.96. The van der Waals surface area contributed by atoms with Gasteiger partial charge in [-0.25, -0.2) is 0 Å². The maximum absolute atomic E-state index is 5.45. The van der Waals surface area contributed by atoms with Crippen LogP contribution in [0.1, 0.15) is 10.9 Å². The van der Waals surface area contributed by atoms with Gasteiger partial charge >= 0.3 is 0 Å². The molecular formula is C15H22N4OS. The average molecular weight is 306 g/mol. The van der Waals surface area contributed by atoms with Crippen LogP contribution in [0.4, 0.5) is 0 Å². The number of nitrogens with one attached hydrogen (secondary N) is 2. The summed E-state index contributed by atoms with van der Waals surface area (Å²) in [5.41, 5.74) is 0. The molecule has 0 saturated carbocycles. The zero-order valence-electron chi connectivity index (χ0n) is 12.3. The van der Waals surface area contributed by atoms with Crippen molar-refractivity contribution in [3.05, 3.63) is 22.4 Å². The van der Waals surface area contributed by atoms with Crippen LogP contribution in [0.2, 0.25) is 0 Å². The molecule has 2 rings (SSSR count). The van der Waals surface area contributed by atoms with Gasteiger partial charge in [0.1, 0.15) is 0 Å². The van der Waals surface area contributed by atoms with Crippen molar-refractivity contribution in [1.29, 1.82) is 0 Å². The highest BCUT2D eigenvalue weighted by Crippen LogP contribution is 2.25. The summed E-state index contributed by atoms with van der Waals surface area (Å²) in [6.45, 7) is 4.78. The Morgan fingerprint density at radius 3 is 2.95 bits per heavy atom. The lowest BCUT2D eigenvalue weighted by Crippen LogP contribution is -2.46. The van der Waals surface area contributed by atoms with Crippen LogP contribution < -0.4 is 10.6 Å². The Hall–Kier alpha value is -1.55. The smallest absolute Gasteiger partial charge is 0.191 e. The van der Waals surface area contributed by atoms with E-state index in [2.05, 4.69) is 44.0 Å². The standard InChI is InChI=1S/C15H22N4OS/c1-3-6-17-15(16-2)18-12-13(14-5-4-11-21-14)19-7-9-20-10-8-19/h1,4-5,11,13H,6-10,12H2,2H3,(H2,16,17,18). The maximum atomic E-state index is 5.45. The highest BCUT2D eigenvalue weighted by molar-refractivity contribution is 7.10. The first-order chi connectivity index (χ1) is 10.3. The van der Waals surface area contributed by atoms with Crippen LogP contribution in [0, 0.1) is 12.3 Å².